The monoisotopic (exact) mass is 198 g/mol. The lowest BCUT2D eigenvalue weighted by atomic mass is 9.84. The number of hydrogen-bond donors (Lipinski definition) is 1. The van der Waals surface area contributed by atoms with Gasteiger partial charge in [-0.2, -0.15) is 0 Å². The summed E-state index contributed by atoms with van der Waals surface area (Å²) in [5.41, 5.74) is 0. The van der Waals surface area contributed by atoms with Crippen LogP contribution in [0.5, 0.6) is 0 Å². The highest BCUT2D eigenvalue weighted by Crippen LogP contribution is 2.29. The third-order valence-corrected chi connectivity index (χ3v) is 2.72. The first kappa shape index (κ1) is 11.2. The number of ether oxygens (including phenoxy) is 1. The average Bonchev–Trinajstić information content (AvgIpc) is 2.21. The van der Waals surface area contributed by atoms with Crippen molar-refractivity contribution in [3.63, 3.8) is 0 Å². The fraction of sp³-hybridized carbons (Fsp3) is 0.727. The molecule has 1 aliphatic carbocycles. The minimum atomic E-state index is -0.517. The first-order valence-corrected chi connectivity index (χ1v) is 5.19. The number of rotatable bonds is 4. The standard InChI is InChI=1S/C11H18O3/c1-2-5-9-6-3-4-7-10(9)14-11(13)8-12/h2,9-10,12H,1,3-8H2. The SMILES string of the molecule is C=CCC1CCCCC1OC(=O)CO. The second-order valence-corrected chi connectivity index (χ2v) is 3.76. The minimum absolute atomic E-state index is 0.0126. The molecule has 3 heteroatoms. The molecule has 14 heavy (non-hydrogen) atoms. The van der Waals surface area contributed by atoms with Crippen molar-refractivity contribution in [2.45, 2.75) is 38.2 Å². The van der Waals surface area contributed by atoms with Gasteiger partial charge in [-0.15, -0.1) is 6.58 Å². The Labute approximate surface area is 84.8 Å². The molecule has 2 atom stereocenters. The Morgan fingerprint density at radius 3 is 2.86 bits per heavy atom. The Bertz CT molecular complexity index is 201. The molecule has 1 rings (SSSR count). The molecule has 1 aliphatic rings. The van der Waals surface area contributed by atoms with Crippen LogP contribution < -0.4 is 0 Å². The first-order valence-electron chi connectivity index (χ1n) is 5.19. The smallest absolute Gasteiger partial charge is 0.332 e. The van der Waals surface area contributed by atoms with Gasteiger partial charge >= 0.3 is 5.97 Å². The van der Waals surface area contributed by atoms with E-state index in [4.69, 9.17) is 9.84 Å². The van der Waals surface area contributed by atoms with Crippen LogP contribution >= 0.6 is 0 Å². The highest BCUT2D eigenvalue weighted by molar-refractivity contribution is 5.70. The van der Waals surface area contributed by atoms with Crippen LogP contribution in [0.3, 0.4) is 0 Å². The molecule has 0 spiro atoms. The number of hydrogen-bond acceptors (Lipinski definition) is 3. The second-order valence-electron chi connectivity index (χ2n) is 3.76. The van der Waals surface area contributed by atoms with E-state index in [1.165, 1.54) is 6.42 Å². The summed E-state index contributed by atoms with van der Waals surface area (Å²) in [6.07, 6.45) is 7.07. The van der Waals surface area contributed by atoms with Gasteiger partial charge in [0.2, 0.25) is 0 Å². The molecule has 1 N–H and O–H groups in total. The molecule has 0 heterocycles. The van der Waals surface area contributed by atoms with Crippen LogP contribution in [0.1, 0.15) is 32.1 Å². The van der Waals surface area contributed by atoms with Crippen LogP contribution in [-0.4, -0.2) is 23.8 Å². The minimum Gasteiger partial charge on any atom is -0.460 e. The van der Waals surface area contributed by atoms with Crippen molar-refractivity contribution in [3.05, 3.63) is 12.7 Å². The second kappa shape index (κ2) is 5.81. The van der Waals surface area contributed by atoms with Crippen LogP contribution in [-0.2, 0) is 9.53 Å². The lowest BCUT2D eigenvalue weighted by Crippen LogP contribution is -2.30. The number of carbonyl (C=O) groups excluding carboxylic acids is 1. The van der Waals surface area contributed by atoms with Gasteiger partial charge in [0, 0.05) is 0 Å². The maximum Gasteiger partial charge on any atom is 0.332 e. The molecule has 3 nitrogen and oxygen atoms in total. The molecule has 0 radical (unpaired) electrons. The Morgan fingerprint density at radius 1 is 1.50 bits per heavy atom. The molecule has 0 saturated heterocycles. The van der Waals surface area contributed by atoms with Crippen molar-refractivity contribution in [1.82, 2.24) is 0 Å². The zero-order valence-electron chi connectivity index (χ0n) is 8.45. The zero-order chi connectivity index (χ0) is 10.4. The summed E-state index contributed by atoms with van der Waals surface area (Å²) < 4.78 is 5.17. The summed E-state index contributed by atoms with van der Waals surface area (Å²) in [4.78, 5) is 10.9. The zero-order valence-corrected chi connectivity index (χ0v) is 8.45. The van der Waals surface area contributed by atoms with Gasteiger partial charge in [-0.05, 0) is 31.6 Å². The molecular formula is C11H18O3. The lowest BCUT2D eigenvalue weighted by Gasteiger charge is -2.30. The van der Waals surface area contributed by atoms with E-state index in [9.17, 15) is 4.79 Å². The highest BCUT2D eigenvalue weighted by atomic mass is 16.6. The summed E-state index contributed by atoms with van der Waals surface area (Å²) in [6, 6.07) is 0. The highest BCUT2D eigenvalue weighted by Gasteiger charge is 2.26. The van der Waals surface area contributed by atoms with Crippen molar-refractivity contribution < 1.29 is 14.6 Å². The summed E-state index contributed by atoms with van der Waals surface area (Å²) in [6.45, 7) is 3.18. The van der Waals surface area contributed by atoms with E-state index in [0.29, 0.717) is 5.92 Å². The van der Waals surface area contributed by atoms with Crippen molar-refractivity contribution in [1.29, 1.82) is 0 Å². The molecule has 0 aromatic rings. The van der Waals surface area contributed by atoms with E-state index in [0.717, 1.165) is 25.7 Å². The molecule has 0 bridgehead atoms. The molecule has 80 valence electrons. The third kappa shape index (κ3) is 3.14. The average molecular weight is 198 g/mol. The Kier molecular flexibility index (Phi) is 4.66. The van der Waals surface area contributed by atoms with Gasteiger partial charge in [0.1, 0.15) is 12.7 Å². The molecule has 0 amide bonds. The largest absolute Gasteiger partial charge is 0.460 e. The van der Waals surface area contributed by atoms with E-state index in [-0.39, 0.29) is 6.10 Å². The van der Waals surface area contributed by atoms with Crippen LogP contribution in [0.2, 0.25) is 0 Å². The number of allylic oxidation sites excluding steroid dienone is 1. The normalized spacial score (nSPS) is 26.9. The van der Waals surface area contributed by atoms with Crippen molar-refractivity contribution in [3.8, 4) is 0 Å². The van der Waals surface area contributed by atoms with Gasteiger partial charge in [-0.3, -0.25) is 0 Å². The van der Waals surface area contributed by atoms with Gasteiger partial charge < -0.3 is 9.84 Å². The van der Waals surface area contributed by atoms with Gasteiger partial charge in [-0.25, -0.2) is 4.79 Å². The van der Waals surface area contributed by atoms with E-state index < -0.39 is 12.6 Å². The molecule has 2 unspecified atom stereocenters. The molecule has 1 fully saturated rings. The lowest BCUT2D eigenvalue weighted by molar-refractivity contribution is -0.156. The van der Waals surface area contributed by atoms with E-state index in [1.807, 2.05) is 6.08 Å². The van der Waals surface area contributed by atoms with Crippen molar-refractivity contribution in [2.24, 2.45) is 5.92 Å². The molecular weight excluding hydrogens is 180 g/mol. The van der Waals surface area contributed by atoms with E-state index >= 15 is 0 Å². The molecule has 0 aliphatic heterocycles. The fourth-order valence-corrected chi connectivity index (χ4v) is 2.02. The first-order chi connectivity index (χ1) is 6.77. The Balaban J connectivity index is 2.44. The van der Waals surface area contributed by atoms with Crippen LogP contribution in [0.4, 0.5) is 0 Å². The number of carbonyl (C=O) groups is 1. The Morgan fingerprint density at radius 2 is 2.21 bits per heavy atom. The van der Waals surface area contributed by atoms with E-state index in [1.54, 1.807) is 0 Å². The van der Waals surface area contributed by atoms with E-state index in [2.05, 4.69) is 6.58 Å². The van der Waals surface area contributed by atoms with Crippen molar-refractivity contribution in [2.75, 3.05) is 6.61 Å². The molecule has 1 saturated carbocycles. The summed E-state index contributed by atoms with van der Waals surface area (Å²) in [7, 11) is 0. The summed E-state index contributed by atoms with van der Waals surface area (Å²) >= 11 is 0. The Hall–Kier alpha value is -0.830. The van der Waals surface area contributed by atoms with Crippen LogP contribution in [0.15, 0.2) is 12.7 Å². The number of esters is 1. The molecule has 0 aromatic heterocycles. The van der Waals surface area contributed by atoms with Gasteiger partial charge in [0.15, 0.2) is 0 Å². The maximum absolute atomic E-state index is 10.9. The van der Waals surface area contributed by atoms with Gasteiger partial charge in [-0.1, -0.05) is 12.5 Å². The van der Waals surface area contributed by atoms with Crippen molar-refractivity contribution >= 4 is 5.97 Å². The molecule has 0 aromatic carbocycles. The predicted octanol–water partition coefficient (Wildman–Crippen LogP) is 1.66. The topological polar surface area (TPSA) is 46.5 Å². The van der Waals surface area contributed by atoms with Gasteiger partial charge in [0.05, 0.1) is 0 Å². The quantitative estimate of drug-likeness (QED) is 0.552. The summed E-state index contributed by atoms with van der Waals surface area (Å²) in [5, 5.41) is 8.59. The van der Waals surface area contributed by atoms with Gasteiger partial charge in [0.25, 0.3) is 0 Å². The number of aliphatic hydroxyl groups excluding tert-OH is 1. The fourth-order valence-electron chi connectivity index (χ4n) is 2.02. The third-order valence-electron chi connectivity index (χ3n) is 2.72. The number of aliphatic hydroxyl groups is 1. The van der Waals surface area contributed by atoms with Crippen LogP contribution in [0.25, 0.3) is 0 Å². The summed E-state index contributed by atoms with van der Waals surface area (Å²) in [5.74, 6) is -0.109. The van der Waals surface area contributed by atoms with Crippen LogP contribution in [0, 0.1) is 5.92 Å². The predicted molar refractivity (Wildman–Crippen MR) is 53.7 cm³/mol. The maximum atomic E-state index is 10.9.